The van der Waals surface area contributed by atoms with Crippen LogP contribution < -0.4 is 0 Å². The summed E-state index contributed by atoms with van der Waals surface area (Å²) in [5.41, 5.74) is 0.264. The van der Waals surface area contributed by atoms with E-state index in [0.29, 0.717) is 12.5 Å². The van der Waals surface area contributed by atoms with E-state index in [4.69, 9.17) is 17.1 Å². The molecule has 0 aromatic rings. The average Bonchev–Trinajstić information content (AvgIpc) is 2.37. The molecule has 0 amide bonds. The Labute approximate surface area is 175 Å². The lowest BCUT2D eigenvalue weighted by molar-refractivity contribution is -0.143. The van der Waals surface area contributed by atoms with Crippen molar-refractivity contribution in [3.05, 3.63) is 12.2 Å². The third kappa shape index (κ3) is 13.7. The Balaban J connectivity index is 5.16. The molecule has 0 bridgehead atoms. The summed E-state index contributed by atoms with van der Waals surface area (Å²) in [7, 11) is -8.63. The van der Waals surface area contributed by atoms with Crippen molar-refractivity contribution in [2.45, 2.75) is 84.7 Å². The molecule has 6 nitrogen and oxygen atoms in total. The summed E-state index contributed by atoms with van der Waals surface area (Å²) in [6, 6.07) is 0.618. The van der Waals surface area contributed by atoms with Gasteiger partial charge in [0.2, 0.25) is 0 Å². The van der Waals surface area contributed by atoms with Gasteiger partial charge in [-0.25, -0.2) is 0 Å². The van der Waals surface area contributed by atoms with E-state index < -0.39 is 39.7 Å². The number of rotatable bonds is 13. The molecule has 0 spiro atoms. The predicted molar refractivity (Wildman–Crippen MR) is 124 cm³/mol. The standard InChI is InChI=1S/C18H40O6Si4/c1-16(17(2)19)15-18(20)21-13-12-14-28(22-25(3,4)5,23-26(6,7)8)24-27(9,10)11/h1,12-15H2,2-11H3. The Hall–Kier alpha value is -0.372. The topological polar surface area (TPSA) is 71.1 Å². The van der Waals surface area contributed by atoms with Crippen LogP contribution in [-0.4, -0.2) is 52.1 Å². The van der Waals surface area contributed by atoms with Gasteiger partial charge in [0, 0.05) is 6.04 Å². The number of hydrogen-bond acceptors (Lipinski definition) is 6. The van der Waals surface area contributed by atoms with Crippen molar-refractivity contribution < 1.29 is 26.7 Å². The second-order valence-corrected chi connectivity index (χ2v) is 27.0. The molecule has 0 aliphatic heterocycles. The lowest BCUT2D eigenvalue weighted by atomic mass is 10.1. The van der Waals surface area contributed by atoms with Gasteiger partial charge in [0.25, 0.3) is 0 Å². The van der Waals surface area contributed by atoms with E-state index in [-0.39, 0.29) is 24.4 Å². The summed E-state index contributed by atoms with van der Waals surface area (Å²) in [5, 5.41) is 0. The second-order valence-electron chi connectivity index (χ2n) is 9.99. The molecule has 164 valence electrons. The highest BCUT2D eigenvalue weighted by Gasteiger charge is 2.49. The number of ether oxygens (including phenoxy) is 1. The number of carbonyl (C=O) groups excluding carboxylic acids is 2. The van der Waals surface area contributed by atoms with Crippen molar-refractivity contribution in [2.75, 3.05) is 6.61 Å². The van der Waals surface area contributed by atoms with Crippen LogP contribution in [0.3, 0.4) is 0 Å². The first-order chi connectivity index (χ1) is 12.3. The normalized spacial score (nSPS) is 13.4. The van der Waals surface area contributed by atoms with E-state index in [0.717, 1.165) is 0 Å². The molecule has 0 radical (unpaired) electrons. The molecular weight excluding hydrogens is 425 g/mol. The molecule has 0 saturated carbocycles. The van der Waals surface area contributed by atoms with Crippen LogP contribution in [0, 0.1) is 0 Å². The Morgan fingerprint density at radius 2 is 1.18 bits per heavy atom. The SMILES string of the molecule is C=C(CC(=O)OCCC[Si](O[Si](C)(C)C)(O[Si](C)(C)C)O[Si](C)(C)C)C(C)=O. The molecule has 0 N–H and O–H groups in total. The molecule has 0 saturated heterocycles. The van der Waals surface area contributed by atoms with E-state index in [2.05, 4.69) is 65.5 Å². The Morgan fingerprint density at radius 3 is 1.50 bits per heavy atom. The zero-order valence-electron chi connectivity index (χ0n) is 19.5. The van der Waals surface area contributed by atoms with E-state index in [1.807, 2.05) is 0 Å². The first-order valence-electron chi connectivity index (χ1n) is 9.79. The number of ketones is 1. The fourth-order valence-electron chi connectivity index (χ4n) is 2.44. The third-order valence-corrected chi connectivity index (χ3v) is 15.2. The minimum Gasteiger partial charge on any atom is -0.465 e. The highest BCUT2D eigenvalue weighted by atomic mass is 28.5. The van der Waals surface area contributed by atoms with E-state index in [1.54, 1.807) is 0 Å². The van der Waals surface area contributed by atoms with Crippen molar-refractivity contribution in [1.82, 2.24) is 0 Å². The zero-order chi connectivity index (χ0) is 22.4. The molecule has 0 fully saturated rings. The van der Waals surface area contributed by atoms with Crippen LogP contribution in [0.1, 0.15) is 19.8 Å². The van der Waals surface area contributed by atoms with Gasteiger partial charge in [0.05, 0.1) is 13.0 Å². The first kappa shape index (κ1) is 27.6. The van der Waals surface area contributed by atoms with Crippen LogP contribution in [0.25, 0.3) is 0 Å². The number of esters is 1. The first-order valence-corrected chi connectivity index (χ1v) is 21.9. The molecule has 0 rings (SSSR count). The van der Waals surface area contributed by atoms with Crippen LogP contribution >= 0.6 is 0 Å². The molecular formula is C18H40O6Si4. The largest absolute Gasteiger partial charge is 0.469 e. The van der Waals surface area contributed by atoms with Crippen molar-refractivity contribution in [3.63, 3.8) is 0 Å². The maximum Gasteiger partial charge on any atom is 0.469 e. The Morgan fingerprint density at radius 1 is 0.786 bits per heavy atom. The van der Waals surface area contributed by atoms with Gasteiger partial charge >= 0.3 is 14.8 Å². The van der Waals surface area contributed by atoms with Gasteiger partial charge in [-0.3, -0.25) is 9.59 Å². The maximum atomic E-state index is 11.9. The van der Waals surface area contributed by atoms with E-state index in [9.17, 15) is 9.59 Å². The third-order valence-electron chi connectivity index (χ3n) is 3.13. The van der Waals surface area contributed by atoms with E-state index >= 15 is 0 Å². The van der Waals surface area contributed by atoms with Crippen LogP contribution in [0.2, 0.25) is 65.0 Å². The highest BCUT2D eigenvalue weighted by molar-refractivity contribution is 6.90. The van der Waals surface area contributed by atoms with Crippen LogP contribution in [0.4, 0.5) is 0 Å². The molecule has 0 aromatic heterocycles. The Bertz CT molecular complexity index is 517. The number of hydrogen-bond donors (Lipinski definition) is 0. The number of Topliss-reactive ketones (excluding diaryl/α,β-unsaturated/α-hetero) is 1. The summed E-state index contributed by atoms with van der Waals surface area (Å²) in [6.45, 7) is 24.5. The molecule has 0 aliphatic carbocycles. The van der Waals surface area contributed by atoms with Crippen LogP contribution in [-0.2, 0) is 26.7 Å². The highest BCUT2D eigenvalue weighted by Crippen LogP contribution is 2.29. The van der Waals surface area contributed by atoms with Gasteiger partial charge < -0.3 is 17.1 Å². The van der Waals surface area contributed by atoms with Gasteiger partial charge in [0.15, 0.2) is 30.7 Å². The number of carbonyl (C=O) groups is 2. The quantitative estimate of drug-likeness (QED) is 0.166. The Kier molecular flexibility index (Phi) is 10.5. The smallest absolute Gasteiger partial charge is 0.465 e. The fraction of sp³-hybridized carbons (Fsp3) is 0.778. The summed E-state index contributed by atoms with van der Waals surface area (Å²) in [4.78, 5) is 23.1. The summed E-state index contributed by atoms with van der Waals surface area (Å²) >= 11 is 0. The minimum atomic E-state index is -2.90. The van der Waals surface area contributed by atoms with Crippen LogP contribution in [0.5, 0.6) is 0 Å². The van der Waals surface area contributed by atoms with Gasteiger partial charge in [-0.1, -0.05) is 6.58 Å². The summed E-state index contributed by atoms with van der Waals surface area (Å²) < 4.78 is 25.0. The minimum absolute atomic E-state index is 0.0693. The second kappa shape index (κ2) is 10.6. The molecule has 0 aromatic carbocycles. The molecule has 0 heterocycles. The lowest BCUT2D eigenvalue weighted by Gasteiger charge is -2.42. The molecule has 28 heavy (non-hydrogen) atoms. The van der Waals surface area contributed by atoms with Crippen LogP contribution in [0.15, 0.2) is 12.2 Å². The maximum absolute atomic E-state index is 11.9. The van der Waals surface area contributed by atoms with Gasteiger partial charge in [0.1, 0.15) is 0 Å². The van der Waals surface area contributed by atoms with Crippen molar-refractivity contribution >= 4 is 45.5 Å². The summed E-state index contributed by atoms with van der Waals surface area (Å²) in [5.74, 6) is -0.630. The van der Waals surface area contributed by atoms with Gasteiger partial charge in [-0.2, -0.15) is 0 Å². The zero-order valence-corrected chi connectivity index (χ0v) is 23.5. The molecule has 10 heteroatoms. The molecule has 0 atom stereocenters. The monoisotopic (exact) mass is 464 g/mol. The van der Waals surface area contributed by atoms with Gasteiger partial charge in [-0.15, -0.1) is 0 Å². The lowest BCUT2D eigenvalue weighted by Crippen LogP contribution is -2.60. The van der Waals surface area contributed by atoms with Crippen molar-refractivity contribution in [3.8, 4) is 0 Å². The van der Waals surface area contributed by atoms with Crippen molar-refractivity contribution in [1.29, 1.82) is 0 Å². The van der Waals surface area contributed by atoms with E-state index in [1.165, 1.54) is 6.92 Å². The molecule has 0 aliphatic rings. The summed E-state index contributed by atoms with van der Waals surface area (Å²) in [6.07, 6.45) is 0.532. The fourth-order valence-corrected chi connectivity index (χ4v) is 17.1. The predicted octanol–water partition coefficient (Wildman–Crippen LogP) is 4.95. The average molecular weight is 465 g/mol. The van der Waals surface area contributed by atoms with Gasteiger partial charge in [-0.05, 0) is 77.8 Å². The molecule has 0 unspecified atom stereocenters. The van der Waals surface area contributed by atoms with Crippen molar-refractivity contribution in [2.24, 2.45) is 0 Å².